The summed E-state index contributed by atoms with van der Waals surface area (Å²) in [5, 5.41) is 5.03. The summed E-state index contributed by atoms with van der Waals surface area (Å²) >= 11 is 6.13. The van der Waals surface area contributed by atoms with E-state index in [1.165, 1.54) is 0 Å². The number of nitrogens with one attached hydrogen (secondary N) is 1. The molecule has 1 aliphatic heterocycles. The molecule has 4 rings (SSSR count). The first-order valence-corrected chi connectivity index (χ1v) is 7.99. The van der Waals surface area contributed by atoms with Crippen LogP contribution in [-0.4, -0.2) is 16.8 Å². The number of benzene rings is 2. The molecule has 6 heteroatoms. The minimum absolute atomic E-state index is 0.266. The van der Waals surface area contributed by atoms with E-state index in [0.717, 1.165) is 33.8 Å². The molecule has 0 bridgehead atoms. The molecular formula is C18H16ClN3O2. The molecule has 0 atom stereocenters. The maximum absolute atomic E-state index is 6.13. The highest BCUT2D eigenvalue weighted by molar-refractivity contribution is 6.31. The van der Waals surface area contributed by atoms with Crippen LogP contribution in [0.3, 0.4) is 0 Å². The molecule has 0 radical (unpaired) electrons. The summed E-state index contributed by atoms with van der Waals surface area (Å²) in [5.74, 6) is 2.27. The number of fused-ring (bicyclic) bond motifs is 2. The van der Waals surface area contributed by atoms with Crippen LogP contribution in [0.2, 0.25) is 5.02 Å². The first-order valence-electron chi connectivity index (χ1n) is 7.61. The van der Waals surface area contributed by atoms with Crippen molar-refractivity contribution >= 4 is 28.3 Å². The summed E-state index contributed by atoms with van der Waals surface area (Å²) in [7, 11) is 0. The standard InChI is InChI=1S/C18H16ClN3O2/c1-18(2,11-3-6-15-16(7-11)24-10-23-15)22-17-13-8-12(19)4-5-14(13)20-9-21-17/h3-9H,10H2,1-2H3,(H,20,21,22). The van der Waals surface area contributed by atoms with Gasteiger partial charge in [0.1, 0.15) is 12.1 Å². The summed E-state index contributed by atoms with van der Waals surface area (Å²) in [6.07, 6.45) is 1.55. The average molecular weight is 342 g/mol. The van der Waals surface area contributed by atoms with Gasteiger partial charge in [-0.25, -0.2) is 9.97 Å². The third kappa shape index (κ3) is 2.61. The van der Waals surface area contributed by atoms with E-state index in [-0.39, 0.29) is 12.3 Å². The lowest BCUT2D eigenvalue weighted by Crippen LogP contribution is -2.28. The topological polar surface area (TPSA) is 56.3 Å². The van der Waals surface area contributed by atoms with E-state index >= 15 is 0 Å². The molecule has 0 aliphatic carbocycles. The van der Waals surface area contributed by atoms with E-state index < -0.39 is 0 Å². The Morgan fingerprint density at radius 2 is 1.88 bits per heavy atom. The molecule has 122 valence electrons. The Bertz CT molecular complexity index is 927. The van der Waals surface area contributed by atoms with E-state index in [0.29, 0.717) is 5.02 Å². The Balaban J connectivity index is 1.72. The molecule has 0 amide bonds. The van der Waals surface area contributed by atoms with Crippen molar-refractivity contribution in [1.82, 2.24) is 9.97 Å². The van der Waals surface area contributed by atoms with E-state index in [2.05, 4.69) is 29.1 Å². The molecule has 24 heavy (non-hydrogen) atoms. The predicted molar refractivity (Wildman–Crippen MR) is 93.8 cm³/mol. The minimum atomic E-state index is -0.370. The van der Waals surface area contributed by atoms with Crippen LogP contribution in [0.15, 0.2) is 42.7 Å². The van der Waals surface area contributed by atoms with E-state index in [4.69, 9.17) is 21.1 Å². The van der Waals surface area contributed by atoms with Crippen molar-refractivity contribution in [2.45, 2.75) is 19.4 Å². The van der Waals surface area contributed by atoms with Crippen LogP contribution >= 0.6 is 11.6 Å². The summed E-state index contributed by atoms with van der Waals surface area (Å²) in [6, 6.07) is 11.5. The molecule has 5 nitrogen and oxygen atoms in total. The largest absolute Gasteiger partial charge is 0.454 e. The van der Waals surface area contributed by atoms with Crippen molar-refractivity contribution < 1.29 is 9.47 Å². The van der Waals surface area contributed by atoms with Crippen LogP contribution in [0.25, 0.3) is 10.9 Å². The lowest BCUT2D eigenvalue weighted by Gasteiger charge is -2.28. The number of hydrogen-bond acceptors (Lipinski definition) is 5. The number of aromatic nitrogens is 2. The Morgan fingerprint density at radius 1 is 1.04 bits per heavy atom. The molecule has 3 aromatic rings. The zero-order valence-corrected chi connectivity index (χ0v) is 14.1. The summed E-state index contributed by atoms with van der Waals surface area (Å²) in [4.78, 5) is 8.68. The van der Waals surface area contributed by atoms with Crippen LogP contribution in [-0.2, 0) is 5.54 Å². The van der Waals surface area contributed by atoms with Gasteiger partial charge in [0.05, 0.1) is 11.1 Å². The molecule has 2 aromatic carbocycles. The van der Waals surface area contributed by atoms with Gasteiger partial charge in [-0.05, 0) is 49.7 Å². The summed E-state index contributed by atoms with van der Waals surface area (Å²) < 4.78 is 10.9. The monoisotopic (exact) mass is 341 g/mol. The quantitative estimate of drug-likeness (QED) is 0.767. The molecule has 0 fully saturated rings. The lowest BCUT2D eigenvalue weighted by atomic mass is 9.93. The fraction of sp³-hybridized carbons (Fsp3) is 0.222. The SMILES string of the molecule is CC(C)(Nc1ncnc2ccc(Cl)cc12)c1ccc2c(c1)OCO2. The molecule has 0 unspecified atom stereocenters. The number of halogens is 1. The van der Waals surface area contributed by atoms with Crippen molar-refractivity contribution in [2.24, 2.45) is 0 Å². The highest BCUT2D eigenvalue weighted by Crippen LogP contribution is 2.37. The second kappa shape index (κ2) is 5.53. The highest BCUT2D eigenvalue weighted by Gasteiger charge is 2.25. The van der Waals surface area contributed by atoms with Crippen LogP contribution in [0.1, 0.15) is 19.4 Å². The van der Waals surface area contributed by atoms with Crippen molar-refractivity contribution in [1.29, 1.82) is 0 Å². The first kappa shape index (κ1) is 15.0. The van der Waals surface area contributed by atoms with Crippen LogP contribution in [0.5, 0.6) is 11.5 Å². The van der Waals surface area contributed by atoms with Crippen molar-refractivity contribution in [3.63, 3.8) is 0 Å². The molecule has 1 aliphatic rings. The Labute approximate surface area is 144 Å². The Hall–Kier alpha value is -2.53. The molecule has 1 aromatic heterocycles. The highest BCUT2D eigenvalue weighted by atomic mass is 35.5. The zero-order chi connectivity index (χ0) is 16.7. The number of ether oxygens (including phenoxy) is 2. The fourth-order valence-corrected chi connectivity index (χ4v) is 2.95. The maximum Gasteiger partial charge on any atom is 0.231 e. The zero-order valence-electron chi connectivity index (χ0n) is 13.3. The smallest absolute Gasteiger partial charge is 0.231 e. The van der Waals surface area contributed by atoms with Crippen molar-refractivity contribution in [3.05, 3.63) is 53.3 Å². The average Bonchev–Trinajstić information content (AvgIpc) is 3.03. The summed E-state index contributed by atoms with van der Waals surface area (Å²) in [5.41, 5.74) is 1.55. The Kier molecular flexibility index (Phi) is 3.46. The summed E-state index contributed by atoms with van der Waals surface area (Å²) in [6.45, 7) is 4.44. The van der Waals surface area contributed by atoms with Gasteiger partial charge in [-0.15, -0.1) is 0 Å². The molecular weight excluding hydrogens is 326 g/mol. The van der Waals surface area contributed by atoms with Gasteiger partial charge in [-0.1, -0.05) is 17.7 Å². The van der Waals surface area contributed by atoms with Crippen molar-refractivity contribution in [2.75, 3.05) is 12.1 Å². The second-order valence-corrected chi connectivity index (χ2v) is 6.64. The van der Waals surface area contributed by atoms with Crippen LogP contribution < -0.4 is 14.8 Å². The normalized spacial score (nSPS) is 13.3. The molecule has 0 saturated heterocycles. The van der Waals surface area contributed by atoms with Gasteiger partial charge in [-0.3, -0.25) is 0 Å². The van der Waals surface area contributed by atoms with E-state index in [1.54, 1.807) is 6.33 Å². The number of nitrogens with zero attached hydrogens (tertiary/aromatic N) is 2. The van der Waals surface area contributed by atoms with Crippen LogP contribution in [0, 0.1) is 0 Å². The van der Waals surface area contributed by atoms with Gasteiger partial charge in [0.2, 0.25) is 6.79 Å². The first-order chi connectivity index (χ1) is 11.5. The molecule has 0 spiro atoms. The maximum atomic E-state index is 6.13. The molecule has 0 saturated carbocycles. The number of anilines is 1. The van der Waals surface area contributed by atoms with Gasteiger partial charge < -0.3 is 14.8 Å². The van der Waals surface area contributed by atoms with Gasteiger partial charge in [0.15, 0.2) is 11.5 Å². The van der Waals surface area contributed by atoms with E-state index in [1.807, 2.05) is 36.4 Å². The van der Waals surface area contributed by atoms with E-state index in [9.17, 15) is 0 Å². The second-order valence-electron chi connectivity index (χ2n) is 6.20. The molecule has 2 heterocycles. The third-order valence-corrected chi connectivity index (χ3v) is 4.36. The lowest BCUT2D eigenvalue weighted by molar-refractivity contribution is 0.174. The van der Waals surface area contributed by atoms with Gasteiger partial charge in [0, 0.05) is 10.4 Å². The number of rotatable bonds is 3. The third-order valence-electron chi connectivity index (χ3n) is 4.12. The number of hydrogen-bond donors (Lipinski definition) is 1. The van der Waals surface area contributed by atoms with Gasteiger partial charge in [0.25, 0.3) is 0 Å². The minimum Gasteiger partial charge on any atom is -0.454 e. The predicted octanol–water partition coefficient (Wildman–Crippen LogP) is 4.36. The Morgan fingerprint density at radius 3 is 2.75 bits per heavy atom. The van der Waals surface area contributed by atoms with Crippen LogP contribution in [0.4, 0.5) is 5.82 Å². The molecule has 1 N–H and O–H groups in total. The van der Waals surface area contributed by atoms with Crippen molar-refractivity contribution in [3.8, 4) is 11.5 Å². The fourth-order valence-electron chi connectivity index (χ4n) is 2.78. The van der Waals surface area contributed by atoms with Gasteiger partial charge >= 0.3 is 0 Å². The van der Waals surface area contributed by atoms with Gasteiger partial charge in [-0.2, -0.15) is 0 Å².